The Labute approximate surface area is 180 Å². The van der Waals surface area contributed by atoms with Crippen molar-refractivity contribution in [2.24, 2.45) is 4.99 Å². The molecule has 5 nitrogen and oxygen atoms in total. The van der Waals surface area contributed by atoms with E-state index in [1.54, 1.807) is 6.07 Å². The molecule has 0 saturated carbocycles. The lowest BCUT2D eigenvalue weighted by molar-refractivity contribution is -0.140. The quantitative estimate of drug-likeness (QED) is 0.154. The predicted octanol–water partition coefficient (Wildman–Crippen LogP) is 4.04. The summed E-state index contributed by atoms with van der Waals surface area (Å²) in [7, 11) is 1.40. The van der Waals surface area contributed by atoms with Crippen molar-refractivity contribution in [3.8, 4) is 0 Å². The van der Waals surface area contributed by atoms with Crippen LogP contribution in [0.4, 0.5) is 4.39 Å². The molecule has 26 heavy (non-hydrogen) atoms. The molecule has 0 amide bonds. The summed E-state index contributed by atoms with van der Waals surface area (Å²) in [6.45, 7) is 4.14. The van der Waals surface area contributed by atoms with Crippen molar-refractivity contribution in [3.05, 3.63) is 34.1 Å². The van der Waals surface area contributed by atoms with Crippen LogP contribution in [0.2, 0.25) is 0 Å². The molecule has 0 heterocycles. The predicted molar refractivity (Wildman–Crippen MR) is 118 cm³/mol. The molecule has 148 valence electrons. The molecular weight excluding hydrogens is 516 g/mol. The standard InChI is InChI=1S/C18H27BrFN3O2.HI/c1-3-21-18(22-11-5-4-8-17(24)25-2)23-12-6-7-14-9-10-15(19)13-16(14)20;/h9-10,13H,3-8,11-12H2,1-2H3,(H2,21,22,23);1H. The first-order valence-electron chi connectivity index (χ1n) is 8.59. The number of unbranched alkanes of at least 4 members (excludes halogenated alkanes) is 1. The van der Waals surface area contributed by atoms with Gasteiger partial charge in [0.05, 0.1) is 7.11 Å². The van der Waals surface area contributed by atoms with Crippen LogP contribution in [0.25, 0.3) is 0 Å². The number of rotatable bonds is 10. The number of aliphatic imine (C=N–C) groups is 1. The summed E-state index contributed by atoms with van der Waals surface area (Å²) in [5.41, 5.74) is 0.708. The third kappa shape index (κ3) is 10.9. The number of esters is 1. The minimum Gasteiger partial charge on any atom is -0.469 e. The Balaban J connectivity index is 0.00000625. The van der Waals surface area contributed by atoms with Crippen molar-refractivity contribution in [3.63, 3.8) is 0 Å². The third-order valence-electron chi connectivity index (χ3n) is 3.56. The summed E-state index contributed by atoms with van der Waals surface area (Å²) in [4.78, 5) is 15.5. The van der Waals surface area contributed by atoms with Crippen molar-refractivity contribution in [1.82, 2.24) is 10.6 Å². The van der Waals surface area contributed by atoms with E-state index in [2.05, 4.69) is 36.3 Å². The number of carbonyl (C=O) groups is 1. The molecule has 1 aromatic rings. The fourth-order valence-electron chi connectivity index (χ4n) is 2.23. The van der Waals surface area contributed by atoms with Crippen LogP contribution in [0, 0.1) is 5.82 Å². The van der Waals surface area contributed by atoms with Gasteiger partial charge in [-0.25, -0.2) is 4.39 Å². The molecule has 2 N–H and O–H groups in total. The zero-order valence-corrected chi connectivity index (χ0v) is 19.2. The highest BCUT2D eigenvalue weighted by molar-refractivity contribution is 14.0. The summed E-state index contributed by atoms with van der Waals surface area (Å²) in [5, 5.41) is 6.41. The second-order valence-electron chi connectivity index (χ2n) is 5.56. The lowest BCUT2D eigenvalue weighted by Gasteiger charge is -2.11. The van der Waals surface area contributed by atoms with Crippen molar-refractivity contribution in [1.29, 1.82) is 0 Å². The van der Waals surface area contributed by atoms with E-state index in [1.807, 2.05) is 13.0 Å². The lowest BCUT2D eigenvalue weighted by atomic mass is 10.1. The Bertz CT molecular complexity index is 573. The van der Waals surface area contributed by atoms with Gasteiger partial charge in [-0.3, -0.25) is 9.79 Å². The van der Waals surface area contributed by atoms with Crippen molar-refractivity contribution < 1.29 is 13.9 Å². The van der Waals surface area contributed by atoms with Crippen LogP contribution in [0.5, 0.6) is 0 Å². The van der Waals surface area contributed by atoms with Gasteiger partial charge in [-0.05, 0) is 50.3 Å². The maximum Gasteiger partial charge on any atom is 0.305 e. The third-order valence-corrected chi connectivity index (χ3v) is 4.05. The second-order valence-corrected chi connectivity index (χ2v) is 6.48. The van der Waals surface area contributed by atoms with Gasteiger partial charge in [-0.15, -0.1) is 24.0 Å². The summed E-state index contributed by atoms with van der Waals surface area (Å²) in [6.07, 6.45) is 3.51. The highest BCUT2D eigenvalue weighted by Crippen LogP contribution is 2.16. The number of hydrogen-bond acceptors (Lipinski definition) is 3. The number of nitrogens with one attached hydrogen (secondary N) is 2. The van der Waals surface area contributed by atoms with Crippen LogP contribution in [-0.2, 0) is 16.0 Å². The fourth-order valence-corrected chi connectivity index (χ4v) is 2.56. The van der Waals surface area contributed by atoms with Crippen LogP contribution in [0.3, 0.4) is 0 Å². The Morgan fingerprint density at radius 1 is 1.27 bits per heavy atom. The monoisotopic (exact) mass is 543 g/mol. The molecule has 0 spiro atoms. The van der Waals surface area contributed by atoms with Crippen molar-refractivity contribution >= 4 is 51.8 Å². The first-order chi connectivity index (χ1) is 12.1. The molecule has 0 aliphatic rings. The van der Waals surface area contributed by atoms with E-state index in [-0.39, 0.29) is 35.8 Å². The van der Waals surface area contributed by atoms with E-state index in [1.165, 1.54) is 13.2 Å². The highest BCUT2D eigenvalue weighted by atomic mass is 127. The number of methoxy groups -OCH3 is 1. The van der Waals surface area contributed by atoms with Gasteiger partial charge >= 0.3 is 5.97 Å². The van der Waals surface area contributed by atoms with Gasteiger partial charge in [0.15, 0.2) is 5.96 Å². The van der Waals surface area contributed by atoms with Gasteiger partial charge in [0.1, 0.15) is 5.82 Å². The average Bonchev–Trinajstić information content (AvgIpc) is 2.59. The van der Waals surface area contributed by atoms with Crippen LogP contribution >= 0.6 is 39.9 Å². The zero-order valence-electron chi connectivity index (χ0n) is 15.3. The number of carbonyl (C=O) groups excluding carboxylic acids is 1. The molecule has 0 radical (unpaired) electrons. The minimum absolute atomic E-state index is 0. The number of benzene rings is 1. The summed E-state index contributed by atoms with van der Waals surface area (Å²) < 4.78 is 19.1. The van der Waals surface area contributed by atoms with Gasteiger partial charge in [-0.2, -0.15) is 0 Å². The van der Waals surface area contributed by atoms with Gasteiger partial charge in [0.25, 0.3) is 0 Å². The molecule has 0 atom stereocenters. The highest BCUT2D eigenvalue weighted by Gasteiger charge is 2.03. The molecule has 1 aromatic carbocycles. The largest absolute Gasteiger partial charge is 0.469 e. The molecule has 0 aliphatic carbocycles. The van der Waals surface area contributed by atoms with Gasteiger partial charge < -0.3 is 15.4 Å². The van der Waals surface area contributed by atoms with Crippen LogP contribution in [0.15, 0.2) is 27.7 Å². The van der Waals surface area contributed by atoms with E-state index in [0.29, 0.717) is 24.9 Å². The van der Waals surface area contributed by atoms with Crippen LogP contribution in [0.1, 0.15) is 38.2 Å². The normalized spacial score (nSPS) is 10.8. The van der Waals surface area contributed by atoms with E-state index >= 15 is 0 Å². The molecule has 8 heteroatoms. The molecular formula is C18H28BrFIN3O2. The van der Waals surface area contributed by atoms with Crippen molar-refractivity contribution in [2.45, 2.75) is 39.0 Å². The van der Waals surface area contributed by atoms with Crippen molar-refractivity contribution in [2.75, 3.05) is 26.7 Å². The number of aryl methyl sites for hydroxylation is 1. The Hall–Kier alpha value is -0.900. The number of ether oxygens (including phenoxy) is 1. The molecule has 0 bridgehead atoms. The molecule has 0 fully saturated rings. The number of guanidine groups is 1. The summed E-state index contributed by atoms with van der Waals surface area (Å²) in [6, 6.07) is 5.13. The SMILES string of the molecule is CCNC(=NCCCc1ccc(Br)cc1F)NCCCCC(=O)OC.I. The fraction of sp³-hybridized carbons (Fsp3) is 0.556. The molecule has 1 rings (SSSR count). The molecule has 0 aliphatic heterocycles. The number of halogens is 3. The Morgan fingerprint density at radius 3 is 2.69 bits per heavy atom. The summed E-state index contributed by atoms with van der Waals surface area (Å²) in [5.74, 6) is 0.381. The second kappa shape index (κ2) is 15.2. The Kier molecular flexibility index (Phi) is 14.7. The first kappa shape index (κ1) is 25.1. The number of hydrogen-bond donors (Lipinski definition) is 2. The topological polar surface area (TPSA) is 62.7 Å². The lowest BCUT2D eigenvalue weighted by Crippen LogP contribution is -2.37. The van der Waals surface area contributed by atoms with Crippen LogP contribution in [-0.4, -0.2) is 38.7 Å². The number of nitrogens with zero attached hydrogens (tertiary/aromatic N) is 1. The maximum atomic E-state index is 13.8. The summed E-state index contributed by atoms with van der Waals surface area (Å²) >= 11 is 3.26. The van der Waals surface area contributed by atoms with Gasteiger partial charge in [0.2, 0.25) is 0 Å². The molecule has 0 aromatic heterocycles. The first-order valence-corrected chi connectivity index (χ1v) is 9.39. The van der Waals surface area contributed by atoms with E-state index < -0.39 is 0 Å². The van der Waals surface area contributed by atoms with E-state index in [9.17, 15) is 9.18 Å². The smallest absolute Gasteiger partial charge is 0.305 e. The average molecular weight is 544 g/mol. The van der Waals surface area contributed by atoms with Gasteiger partial charge in [0, 0.05) is 30.5 Å². The zero-order chi connectivity index (χ0) is 18.5. The van der Waals surface area contributed by atoms with E-state index in [0.717, 1.165) is 42.8 Å². The van der Waals surface area contributed by atoms with Gasteiger partial charge in [-0.1, -0.05) is 22.0 Å². The Morgan fingerprint density at radius 2 is 2.04 bits per heavy atom. The molecule has 0 unspecified atom stereocenters. The van der Waals surface area contributed by atoms with Crippen LogP contribution < -0.4 is 10.6 Å². The van der Waals surface area contributed by atoms with E-state index in [4.69, 9.17) is 0 Å². The maximum absolute atomic E-state index is 13.8. The minimum atomic E-state index is -0.186. The molecule has 0 saturated heterocycles.